The molecule has 0 fully saturated rings. The number of hydrogen-bond donors (Lipinski definition) is 1. The molecule has 2 aromatic rings. The Hall–Kier alpha value is -1.06. The van der Waals surface area contributed by atoms with Crippen molar-refractivity contribution >= 4 is 11.3 Å². The van der Waals surface area contributed by atoms with Crippen molar-refractivity contribution in [3.8, 4) is 0 Å². The molecule has 92 valence electrons. The summed E-state index contributed by atoms with van der Waals surface area (Å²) in [7, 11) is 2.02. The molecule has 0 spiro atoms. The smallest absolute Gasteiger partial charge is 0.108 e. The molecular formula is C14H19NOS. The monoisotopic (exact) mass is 249 g/mol. The third-order valence-electron chi connectivity index (χ3n) is 3.13. The minimum atomic E-state index is 0.392. The maximum atomic E-state index is 5.50. The normalized spacial score (nSPS) is 12.8. The van der Waals surface area contributed by atoms with Crippen molar-refractivity contribution in [1.29, 1.82) is 0 Å². The molecule has 0 radical (unpaired) electrons. The fraction of sp³-hybridized carbons (Fsp3) is 0.429. The van der Waals surface area contributed by atoms with E-state index in [-0.39, 0.29) is 0 Å². The summed E-state index contributed by atoms with van der Waals surface area (Å²) in [5.41, 5.74) is 2.74. The number of furan rings is 1. The molecule has 0 aromatic carbocycles. The fourth-order valence-corrected chi connectivity index (χ4v) is 2.85. The SMILES string of the molecule is CCc1occc1C(CCc1ccsc1)NC. The summed E-state index contributed by atoms with van der Waals surface area (Å²) in [5.74, 6) is 1.11. The van der Waals surface area contributed by atoms with Gasteiger partial charge in [-0.3, -0.25) is 0 Å². The predicted molar refractivity (Wildman–Crippen MR) is 72.5 cm³/mol. The first-order valence-electron chi connectivity index (χ1n) is 6.09. The van der Waals surface area contributed by atoms with E-state index in [1.807, 2.05) is 7.05 Å². The molecule has 0 bridgehead atoms. The van der Waals surface area contributed by atoms with E-state index < -0.39 is 0 Å². The number of nitrogens with one attached hydrogen (secondary N) is 1. The highest BCUT2D eigenvalue weighted by molar-refractivity contribution is 7.07. The van der Waals surface area contributed by atoms with Gasteiger partial charge in [0.15, 0.2) is 0 Å². The molecule has 0 aliphatic heterocycles. The largest absolute Gasteiger partial charge is 0.469 e. The average molecular weight is 249 g/mol. The lowest BCUT2D eigenvalue weighted by molar-refractivity contribution is 0.486. The average Bonchev–Trinajstić information content (AvgIpc) is 3.00. The van der Waals surface area contributed by atoms with Crippen LogP contribution in [0.2, 0.25) is 0 Å². The summed E-state index contributed by atoms with van der Waals surface area (Å²) in [4.78, 5) is 0. The summed E-state index contributed by atoms with van der Waals surface area (Å²) in [5, 5.41) is 7.75. The van der Waals surface area contributed by atoms with Crippen molar-refractivity contribution < 1.29 is 4.42 Å². The molecule has 0 aliphatic rings. The molecule has 2 aromatic heterocycles. The Balaban J connectivity index is 2.01. The first-order valence-corrected chi connectivity index (χ1v) is 7.04. The molecule has 17 heavy (non-hydrogen) atoms. The molecule has 2 rings (SSSR count). The summed E-state index contributed by atoms with van der Waals surface area (Å²) < 4.78 is 5.50. The quantitative estimate of drug-likeness (QED) is 0.842. The Bertz CT molecular complexity index is 433. The molecule has 0 amide bonds. The zero-order chi connectivity index (χ0) is 12.1. The van der Waals surface area contributed by atoms with E-state index in [4.69, 9.17) is 4.42 Å². The van der Waals surface area contributed by atoms with Gasteiger partial charge in [-0.2, -0.15) is 11.3 Å². The minimum Gasteiger partial charge on any atom is -0.469 e. The van der Waals surface area contributed by atoms with Crippen molar-refractivity contribution in [2.75, 3.05) is 7.05 Å². The number of hydrogen-bond acceptors (Lipinski definition) is 3. The van der Waals surface area contributed by atoms with Crippen LogP contribution in [0.3, 0.4) is 0 Å². The van der Waals surface area contributed by atoms with Crippen LogP contribution in [0.4, 0.5) is 0 Å². The topological polar surface area (TPSA) is 25.2 Å². The van der Waals surface area contributed by atoms with Gasteiger partial charge in [0.25, 0.3) is 0 Å². The van der Waals surface area contributed by atoms with Crippen molar-refractivity contribution in [3.05, 3.63) is 46.0 Å². The summed E-state index contributed by atoms with van der Waals surface area (Å²) >= 11 is 1.77. The van der Waals surface area contributed by atoms with Gasteiger partial charge in [0.2, 0.25) is 0 Å². The molecule has 0 saturated heterocycles. The lowest BCUT2D eigenvalue weighted by Crippen LogP contribution is -2.17. The van der Waals surface area contributed by atoms with Gasteiger partial charge in [0.1, 0.15) is 5.76 Å². The highest BCUT2D eigenvalue weighted by Crippen LogP contribution is 2.24. The Morgan fingerprint density at radius 2 is 2.29 bits per heavy atom. The lowest BCUT2D eigenvalue weighted by atomic mass is 10.00. The molecule has 0 saturated carbocycles. The fourth-order valence-electron chi connectivity index (χ4n) is 2.15. The third-order valence-corrected chi connectivity index (χ3v) is 3.86. The third kappa shape index (κ3) is 2.99. The van der Waals surface area contributed by atoms with Crippen LogP contribution >= 0.6 is 11.3 Å². The molecular weight excluding hydrogens is 230 g/mol. The molecule has 3 heteroatoms. The van der Waals surface area contributed by atoms with Crippen LogP contribution in [0.25, 0.3) is 0 Å². The number of rotatable bonds is 6. The number of thiophene rings is 1. The van der Waals surface area contributed by atoms with Crippen molar-refractivity contribution in [3.63, 3.8) is 0 Å². The molecule has 1 unspecified atom stereocenters. The first-order chi connectivity index (χ1) is 8.35. The lowest BCUT2D eigenvalue weighted by Gasteiger charge is -2.15. The van der Waals surface area contributed by atoms with Gasteiger partial charge in [-0.1, -0.05) is 6.92 Å². The highest BCUT2D eigenvalue weighted by atomic mass is 32.1. The van der Waals surface area contributed by atoms with Crippen LogP contribution in [-0.4, -0.2) is 7.05 Å². The van der Waals surface area contributed by atoms with Gasteiger partial charge in [-0.15, -0.1) is 0 Å². The maximum absolute atomic E-state index is 5.50. The van der Waals surface area contributed by atoms with Crippen LogP contribution in [0, 0.1) is 0 Å². The Kier molecular flexibility index (Phi) is 4.40. The van der Waals surface area contributed by atoms with Crippen molar-refractivity contribution in [1.82, 2.24) is 5.32 Å². The van der Waals surface area contributed by atoms with Crippen LogP contribution in [-0.2, 0) is 12.8 Å². The molecule has 1 atom stereocenters. The van der Waals surface area contributed by atoms with Crippen LogP contribution in [0.5, 0.6) is 0 Å². The summed E-state index contributed by atoms with van der Waals surface area (Å²) in [6.45, 7) is 2.13. The van der Waals surface area contributed by atoms with E-state index in [9.17, 15) is 0 Å². The van der Waals surface area contributed by atoms with E-state index in [1.165, 1.54) is 11.1 Å². The van der Waals surface area contributed by atoms with Gasteiger partial charge < -0.3 is 9.73 Å². The second-order valence-electron chi connectivity index (χ2n) is 4.16. The Morgan fingerprint density at radius 1 is 1.41 bits per heavy atom. The summed E-state index contributed by atoms with van der Waals surface area (Å²) in [6.07, 6.45) is 4.98. The van der Waals surface area contributed by atoms with Gasteiger partial charge in [0.05, 0.1) is 6.26 Å². The zero-order valence-corrected chi connectivity index (χ0v) is 11.2. The molecule has 1 N–H and O–H groups in total. The zero-order valence-electron chi connectivity index (χ0n) is 10.4. The Morgan fingerprint density at radius 3 is 2.94 bits per heavy atom. The second kappa shape index (κ2) is 6.03. The molecule has 2 heterocycles. The van der Waals surface area contributed by atoms with E-state index >= 15 is 0 Å². The van der Waals surface area contributed by atoms with E-state index in [2.05, 4.69) is 35.1 Å². The van der Waals surface area contributed by atoms with E-state index in [0.717, 1.165) is 25.0 Å². The van der Waals surface area contributed by atoms with E-state index in [0.29, 0.717) is 6.04 Å². The highest BCUT2D eigenvalue weighted by Gasteiger charge is 2.15. The maximum Gasteiger partial charge on any atom is 0.108 e. The second-order valence-corrected chi connectivity index (χ2v) is 4.94. The van der Waals surface area contributed by atoms with Crippen LogP contribution in [0.15, 0.2) is 33.6 Å². The summed E-state index contributed by atoms with van der Waals surface area (Å²) in [6, 6.07) is 4.68. The predicted octanol–water partition coefficient (Wildman–Crippen LogP) is 3.80. The van der Waals surface area contributed by atoms with Crippen molar-refractivity contribution in [2.24, 2.45) is 0 Å². The van der Waals surface area contributed by atoms with Gasteiger partial charge in [0, 0.05) is 18.0 Å². The van der Waals surface area contributed by atoms with Crippen molar-refractivity contribution in [2.45, 2.75) is 32.2 Å². The molecule has 0 aliphatic carbocycles. The van der Waals surface area contributed by atoms with Crippen LogP contribution in [0.1, 0.15) is 36.3 Å². The Labute approximate surface area is 107 Å². The first kappa shape index (κ1) is 12.4. The number of aryl methyl sites for hydroxylation is 2. The minimum absolute atomic E-state index is 0.392. The van der Waals surface area contributed by atoms with Gasteiger partial charge in [-0.05, 0) is 48.3 Å². The van der Waals surface area contributed by atoms with Gasteiger partial charge >= 0.3 is 0 Å². The van der Waals surface area contributed by atoms with E-state index in [1.54, 1.807) is 17.6 Å². The molecule has 2 nitrogen and oxygen atoms in total. The van der Waals surface area contributed by atoms with Crippen LogP contribution < -0.4 is 5.32 Å². The van der Waals surface area contributed by atoms with Gasteiger partial charge in [-0.25, -0.2) is 0 Å². The standard InChI is InChI=1S/C14H19NOS/c1-3-14-12(6-8-16-14)13(15-2)5-4-11-7-9-17-10-11/h6-10,13,15H,3-5H2,1-2H3.